The summed E-state index contributed by atoms with van der Waals surface area (Å²) in [6.45, 7) is 7.90. The molecule has 0 aromatic rings. The first-order valence-corrected chi connectivity index (χ1v) is 8.76. The van der Waals surface area contributed by atoms with Gasteiger partial charge in [-0.15, -0.1) is 0 Å². The fourth-order valence-electron chi connectivity index (χ4n) is 3.06. The van der Waals surface area contributed by atoms with Crippen LogP contribution in [-0.2, 0) is 4.74 Å². The zero-order valence-corrected chi connectivity index (χ0v) is 14.7. The van der Waals surface area contributed by atoms with Crippen molar-refractivity contribution in [3.05, 3.63) is 0 Å². The maximum absolute atomic E-state index is 11.8. The Morgan fingerprint density at radius 1 is 1.09 bits per heavy atom. The van der Waals surface area contributed by atoms with E-state index >= 15 is 0 Å². The van der Waals surface area contributed by atoms with E-state index in [1.165, 1.54) is 12.8 Å². The molecule has 0 saturated heterocycles. The number of carbonyl (C=O) groups is 1. The fourth-order valence-corrected chi connectivity index (χ4v) is 3.06. The number of alkyl carbamates (subject to hydrolysis) is 1. The fraction of sp³-hybridized carbons (Fsp3) is 0.941. The van der Waals surface area contributed by atoms with E-state index in [9.17, 15) is 4.79 Å². The number of carbonyl (C=O) groups excluding carboxylic acids is 1. The van der Waals surface area contributed by atoms with Gasteiger partial charge in [-0.3, -0.25) is 0 Å². The molecule has 0 heterocycles. The van der Waals surface area contributed by atoms with E-state index in [1.807, 2.05) is 20.8 Å². The molecule has 128 valence electrons. The van der Waals surface area contributed by atoms with Crippen LogP contribution in [0.25, 0.3) is 0 Å². The monoisotopic (exact) mass is 311 g/mol. The second kappa shape index (κ2) is 7.64. The zero-order valence-electron chi connectivity index (χ0n) is 14.7. The van der Waals surface area contributed by atoms with Gasteiger partial charge in [0, 0.05) is 31.2 Å². The van der Waals surface area contributed by atoms with Crippen LogP contribution in [0.1, 0.15) is 59.3 Å². The van der Waals surface area contributed by atoms with Crippen molar-refractivity contribution in [1.29, 1.82) is 0 Å². The smallest absolute Gasteiger partial charge is 0.407 e. The van der Waals surface area contributed by atoms with E-state index < -0.39 is 5.60 Å². The summed E-state index contributed by atoms with van der Waals surface area (Å²) in [6.07, 6.45) is 6.80. The quantitative estimate of drug-likeness (QED) is 0.791. The minimum absolute atomic E-state index is 0.266. The van der Waals surface area contributed by atoms with Crippen molar-refractivity contribution >= 4 is 6.09 Å². The molecular formula is C17H33N3O2. The Morgan fingerprint density at radius 3 is 2.23 bits per heavy atom. The van der Waals surface area contributed by atoms with E-state index in [1.54, 1.807) is 0 Å². The number of ether oxygens (including phenoxy) is 1. The standard InChI is InChI=1S/C17H33N3O2/c1-17(2,3)22-16(21)19-14-7-5-13(6-8-14)18-11-12-20(4)15-9-10-15/h13-15,18H,5-12H2,1-4H3,(H,19,21). The second-order valence-corrected chi connectivity index (χ2v) is 7.86. The molecular weight excluding hydrogens is 278 g/mol. The number of hydrogen-bond acceptors (Lipinski definition) is 4. The van der Waals surface area contributed by atoms with Crippen LogP contribution in [0.3, 0.4) is 0 Å². The number of nitrogens with zero attached hydrogens (tertiary/aromatic N) is 1. The highest BCUT2D eigenvalue weighted by atomic mass is 16.6. The summed E-state index contributed by atoms with van der Waals surface area (Å²) < 4.78 is 5.32. The second-order valence-electron chi connectivity index (χ2n) is 7.86. The molecule has 2 aliphatic carbocycles. The lowest BCUT2D eigenvalue weighted by Crippen LogP contribution is -2.45. The molecule has 2 N–H and O–H groups in total. The molecule has 5 heteroatoms. The van der Waals surface area contributed by atoms with Gasteiger partial charge in [0.2, 0.25) is 0 Å². The summed E-state index contributed by atoms with van der Waals surface area (Å²) in [6, 6.07) is 1.71. The zero-order chi connectivity index (χ0) is 16.2. The van der Waals surface area contributed by atoms with Gasteiger partial charge in [-0.05, 0) is 66.3 Å². The lowest BCUT2D eigenvalue weighted by molar-refractivity contribution is 0.0489. The van der Waals surface area contributed by atoms with Crippen LogP contribution in [0.2, 0.25) is 0 Å². The molecule has 0 bridgehead atoms. The van der Waals surface area contributed by atoms with Crippen molar-refractivity contribution in [3.8, 4) is 0 Å². The number of amides is 1. The SMILES string of the molecule is CN(CCNC1CCC(NC(=O)OC(C)(C)C)CC1)C1CC1. The van der Waals surface area contributed by atoms with E-state index in [2.05, 4.69) is 22.6 Å². The van der Waals surface area contributed by atoms with Crippen molar-refractivity contribution in [3.63, 3.8) is 0 Å². The molecule has 0 radical (unpaired) electrons. The Kier molecular flexibility index (Phi) is 6.09. The Hall–Kier alpha value is -0.810. The predicted octanol–water partition coefficient (Wildman–Crippen LogP) is 2.51. The lowest BCUT2D eigenvalue weighted by Gasteiger charge is -2.31. The van der Waals surface area contributed by atoms with Crippen molar-refractivity contribution < 1.29 is 9.53 Å². The van der Waals surface area contributed by atoms with Crippen molar-refractivity contribution in [2.24, 2.45) is 0 Å². The van der Waals surface area contributed by atoms with Crippen LogP contribution >= 0.6 is 0 Å². The third-order valence-corrected chi connectivity index (χ3v) is 4.52. The van der Waals surface area contributed by atoms with Gasteiger partial charge in [-0.2, -0.15) is 0 Å². The van der Waals surface area contributed by atoms with Gasteiger partial charge in [-0.1, -0.05) is 0 Å². The normalized spacial score (nSPS) is 26.0. The minimum Gasteiger partial charge on any atom is -0.444 e. The van der Waals surface area contributed by atoms with E-state index in [-0.39, 0.29) is 12.1 Å². The van der Waals surface area contributed by atoms with Crippen LogP contribution in [0.15, 0.2) is 0 Å². The molecule has 2 saturated carbocycles. The lowest BCUT2D eigenvalue weighted by atomic mass is 9.91. The Labute approximate surface area is 135 Å². The molecule has 2 aliphatic rings. The Bertz CT molecular complexity index is 355. The van der Waals surface area contributed by atoms with Gasteiger partial charge in [0.15, 0.2) is 0 Å². The van der Waals surface area contributed by atoms with Crippen molar-refractivity contribution in [1.82, 2.24) is 15.5 Å². The molecule has 22 heavy (non-hydrogen) atoms. The third-order valence-electron chi connectivity index (χ3n) is 4.52. The molecule has 0 atom stereocenters. The van der Waals surface area contributed by atoms with Crippen LogP contribution in [0, 0.1) is 0 Å². The number of hydrogen-bond donors (Lipinski definition) is 2. The third kappa shape index (κ3) is 6.53. The molecule has 0 aromatic carbocycles. The minimum atomic E-state index is -0.420. The Balaban J connectivity index is 1.56. The average molecular weight is 311 g/mol. The van der Waals surface area contributed by atoms with Crippen molar-refractivity contribution in [2.45, 2.75) is 83.0 Å². The first kappa shape index (κ1) is 17.5. The van der Waals surface area contributed by atoms with Gasteiger partial charge in [0.05, 0.1) is 0 Å². The van der Waals surface area contributed by atoms with Gasteiger partial charge in [0.25, 0.3) is 0 Å². The molecule has 2 rings (SSSR count). The predicted molar refractivity (Wildman–Crippen MR) is 89.1 cm³/mol. The maximum Gasteiger partial charge on any atom is 0.407 e. The van der Waals surface area contributed by atoms with Crippen LogP contribution in [0.4, 0.5) is 4.79 Å². The Morgan fingerprint density at radius 2 is 1.68 bits per heavy atom. The first-order valence-electron chi connectivity index (χ1n) is 8.76. The highest BCUT2D eigenvalue weighted by Gasteiger charge is 2.27. The molecule has 0 aliphatic heterocycles. The summed E-state index contributed by atoms with van der Waals surface area (Å²) in [5, 5.41) is 6.66. The highest BCUT2D eigenvalue weighted by molar-refractivity contribution is 5.68. The van der Waals surface area contributed by atoms with E-state index in [4.69, 9.17) is 4.74 Å². The average Bonchev–Trinajstić information content (AvgIpc) is 3.22. The molecule has 0 aromatic heterocycles. The molecule has 0 spiro atoms. The highest BCUT2D eigenvalue weighted by Crippen LogP contribution is 2.25. The molecule has 5 nitrogen and oxygen atoms in total. The largest absolute Gasteiger partial charge is 0.444 e. The van der Waals surface area contributed by atoms with Crippen LogP contribution in [-0.4, -0.2) is 54.9 Å². The first-order chi connectivity index (χ1) is 10.3. The molecule has 0 unspecified atom stereocenters. The van der Waals surface area contributed by atoms with E-state index in [0.29, 0.717) is 6.04 Å². The van der Waals surface area contributed by atoms with Gasteiger partial charge < -0.3 is 20.3 Å². The van der Waals surface area contributed by atoms with Crippen molar-refractivity contribution in [2.75, 3.05) is 20.1 Å². The number of rotatable bonds is 6. The van der Waals surface area contributed by atoms with Crippen LogP contribution in [0.5, 0.6) is 0 Å². The topological polar surface area (TPSA) is 53.6 Å². The summed E-state index contributed by atoms with van der Waals surface area (Å²) >= 11 is 0. The number of nitrogens with one attached hydrogen (secondary N) is 2. The molecule has 2 fully saturated rings. The summed E-state index contributed by atoms with van der Waals surface area (Å²) in [5.41, 5.74) is -0.420. The van der Waals surface area contributed by atoms with E-state index in [0.717, 1.165) is 44.8 Å². The van der Waals surface area contributed by atoms with Crippen LogP contribution < -0.4 is 10.6 Å². The number of likely N-dealkylation sites (N-methyl/N-ethyl adjacent to an activating group) is 1. The van der Waals surface area contributed by atoms with Gasteiger partial charge in [-0.25, -0.2) is 4.79 Å². The maximum atomic E-state index is 11.8. The summed E-state index contributed by atoms with van der Waals surface area (Å²) in [7, 11) is 2.22. The van der Waals surface area contributed by atoms with Gasteiger partial charge in [0.1, 0.15) is 5.60 Å². The molecule has 1 amide bonds. The van der Waals surface area contributed by atoms with Gasteiger partial charge >= 0.3 is 6.09 Å². The summed E-state index contributed by atoms with van der Waals surface area (Å²) in [5.74, 6) is 0. The summed E-state index contributed by atoms with van der Waals surface area (Å²) in [4.78, 5) is 14.2.